The van der Waals surface area contributed by atoms with Gasteiger partial charge in [0, 0.05) is 6.42 Å². The number of benzene rings is 1. The molecule has 78 valence electrons. The van der Waals surface area contributed by atoms with Crippen LogP contribution in [0.15, 0.2) is 24.3 Å². The zero-order valence-corrected chi connectivity index (χ0v) is 7.67. The molecule has 1 rings (SSSR count). The second kappa shape index (κ2) is 4.00. The van der Waals surface area contributed by atoms with Crippen molar-refractivity contribution in [3.05, 3.63) is 35.6 Å². The predicted octanol–water partition coefficient (Wildman–Crippen LogP) is 2.38. The Bertz CT molecular complexity index is 310. The maximum atomic E-state index is 13.0. The van der Waals surface area contributed by atoms with E-state index in [0.29, 0.717) is 0 Å². The van der Waals surface area contributed by atoms with E-state index in [1.54, 1.807) is 6.07 Å². The Morgan fingerprint density at radius 2 is 1.93 bits per heavy atom. The molecule has 0 aliphatic carbocycles. The highest BCUT2D eigenvalue weighted by Crippen LogP contribution is 2.21. The lowest BCUT2D eigenvalue weighted by Crippen LogP contribution is -2.36. The van der Waals surface area contributed by atoms with Gasteiger partial charge in [-0.05, 0) is 18.6 Å². The van der Waals surface area contributed by atoms with Gasteiger partial charge in [0.05, 0.1) is 0 Å². The fourth-order valence-electron chi connectivity index (χ4n) is 1.10. The minimum Gasteiger partial charge on any atom is -0.384 e. The molecule has 0 saturated heterocycles. The molecule has 1 aromatic carbocycles. The number of rotatable bonds is 3. The van der Waals surface area contributed by atoms with Crippen LogP contribution in [0.2, 0.25) is 0 Å². The first-order valence-electron chi connectivity index (χ1n) is 4.17. The zero-order valence-electron chi connectivity index (χ0n) is 7.67. The topological polar surface area (TPSA) is 20.2 Å². The summed E-state index contributed by atoms with van der Waals surface area (Å²) in [4.78, 5) is 0. The minimum absolute atomic E-state index is 0.0952. The van der Waals surface area contributed by atoms with Gasteiger partial charge in [0.25, 0.3) is 6.43 Å². The van der Waals surface area contributed by atoms with Crippen LogP contribution >= 0.6 is 0 Å². The van der Waals surface area contributed by atoms with Gasteiger partial charge in [0.2, 0.25) is 0 Å². The summed E-state index contributed by atoms with van der Waals surface area (Å²) >= 11 is 0. The van der Waals surface area contributed by atoms with E-state index in [9.17, 15) is 18.3 Å². The summed E-state index contributed by atoms with van der Waals surface area (Å²) in [5.41, 5.74) is -2.08. The lowest BCUT2D eigenvalue weighted by molar-refractivity contribution is -0.0825. The Morgan fingerprint density at radius 3 is 2.43 bits per heavy atom. The summed E-state index contributed by atoms with van der Waals surface area (Å²) in [6, 6.07) is 5.57. The maximum absolute atomic E-state index is 13.0. The second-order valence-electron chi connectivity index (χ2n) is 3.43. The van der Waals surface area contributed by atoms with Crippen LogP contribution in [0.3, 0.4) is 0 Å². The summed E-state index contributed by atoms with van der Waals surface area (Å²) in [6.45, 7) is 0.990. The Kier molecular flexibility index (Phi) is 3.16. The fraction of sp³-hybridized carbons (Fsp3) is 0.400. The van der Waals surface area contributed by atoms with Crippen molar-refractivity contribution < 1.29 is 18.3 Å². The molecule has 1 nitrogen and oxygen atoms in total. The van der Waals surface area contributed by atoms with E-state index in [-0.39, 0.29) is 5.56 Å². The number of hydrogen-bond acceptors (Lipinski definition) is 1. The largest absolute Gasteiger partial charge is 0.384 e. The van der Waals surface area contributed by atoms with Crippen LogP contribution < -0.4 is 0 Å². The lowest BCUT2D eigenvalue weighted by atomic mass is 9.97. The van der Waals surface area contributed by atoms with E-state index in [2.05, 4.69) is 0 Å². The van der Waals surface area contributed by atoms with E-state index in [0.717, 1.165) is 6.92 Å². The van der Waals surface area contributed by atoms with Gasteiger partial charge in [0.1, 0.15) is 11.4 Å². The molecule has 1 aromatic rings. The third kappa shape index (κ3) is 2.48. The van der Waals surface area contributed by atoms with Crippen LogP contribution in [-0.4, -0.2) is 17.1 Å². The molecule has 0 aliphatic rings. The molecular formula is C10H11F3O. The number of alkyl halides is 2. The first-order chi connectivity index (χ1) is 6.43. The molecule has 1 unspecified atom stereocenters. The molecule has 0 heterocycles. The Labute approximate surface area is 80.2 Å². The van der Waals surface area contributed by atoms with Gasteiger partial charge >= 0.3 is 0 Å². The van der Waals surface area contributed by atoms with Crippen molar-refractivity contribution in [2.24, 2.45) is 0 Å². The maximum Gasteiger partial charge on any atom is 0.266 e. The van der Waals surface area contributed by atoms with Gasteiger partial charge < -0.3 is 5.11 Å². The molecule has 1 atom stereocenters. The number of hydrogen-bond donors (Lipinski definition) is 1. The Balaban J connectivity index is 2.84. The van der Waals surface area contributed by atoms with E-state index >= 15 is 0 Å². The van der Waals surface area contributed by atoms with Crippen LogP contribution in [-0.2, 0) is 6.42 Å². The van der Waals surface area contributed by atoms with Gasteiger partial charge in [0.15, 0.2) is 0 Å². The first kappa shape index (κ1) is 11.0. The first-order valence-corrected chi connectivity index (χ1v) is 4.17. The van der Waals surface area contributed by atoms with Gasteiger partial charge in [-0.3, -0.25) is 0 Å². The van der Waals surface area contributed by atoms with E-state index in [1.165, 1.54) is 18.2 Å². The summed E-state index contributed by atoms with van der Waals surface area (Å²) in [5, 5.41) is 9.25. The van der Waals surface area contributed by atoms with E-state index in [4.69, 9.17) is 0 Å². The molecule has 0 fully saturated rings. The molecular weight excluding hydrogens is 193 g/mol. The molecule has 4 heteroatoms. The molecule has 0 amide bonds. The molecule has 0 bridgehead atoms. The quantitative estimate of drug-likeness (QED) is 0.801. The number of aliphatic hydroxyl groups is 1. The van der Waals surface area contributed by atoms with Crippen molar-refractivity contribution in [2.45, 2.75) is 25.4 Å². The van der Waals surface area contributed by atoms with Crippen molar-refractivity contribution in [2.75, 3.05) is 0 Å². The summed E-state index contributed by atoms with van der Waals surface area (Å²) in [7, 11) is 0. The average molecular weight is 204 g/mol. The van der Waals surface area contributed by atoms with Gasteiger partial charge in [-0.25, -0.2) is 13.2 Å². The molecule has 1 N–H and O–H groups in total. The molecule has 0 spiro atoms. The van der Waals surface area contributed by atoms with E-state index in [1.807, 2.05) is 0 Å². The third-order valence-corrected chi connectivity index (χ3v) is 1.98. The highest BCUT2D eigenvalue weighted by Gasteiger charge is 2.32. The zero-order chi connectivity index (χ0) is 10.8. The standard InChI is InChI=1S/C10H11F3O/c1-10(14,9(12)13)6-7-4-2-3-5-8(7)11/h2-5,9,14H,6H2,1H3. The minimum atomic E-state index is -2.89. The highest BCUT2D eigenvalue weighted by molar-refractivity contribution is 5.19. The van der Waals surface area contributed by atoms with Crippen LogP contribution in [0.25, 0.3) is 0 Å². The van der Waals surface area contributed by atoms with E-state index < -0.39 is 24.3 Å². The van der Waals surface area contributed by atoms with Crippen LogP contribution in [0, 0.1) is 5.82 Å². The molecule has 0 aromatic heterocycles. The van der Waals surface area contributed by atoms with Crippen molar-refractivity contribution in [1.29, 1.82) is 0 Å². The molecule has 0 saturated carbocycles. The Morgan fingerprint density at radius 1 is 1.36 bits per heavy atom. The van der Waals surface area contributed by atoms with Gasteiger partial charge in [-0.2, -0.15) is 0 Å². The summed E-state index contributed by atoms with van der Waals surface area (Å²) in [5.74, 6) is -0.576. The Hall–Kier alpha value is -1.03. The molecule has 0 aliphatic heterocycles. The van der Waals surface area contributed by atoms with Crippen LogP contribution in [0.1, 0.15) is 12.5 Å². The molecule has 14 heavy (non-hydrogen) atoms. The molecule has 0 radical (unpaired) electrons. The second-order valence-corrected chi connectivity index (χ2v) is 3.43. The van der Waals surface area contributed by atoms with Crippen molar-refractivity contribution in [3.63, 3.8) is 0 Å². The average Bonchev–Trinajstić information content (AvgIpc) is 2.08. The summed E-state index contributed by atoms with van der Waals surface area (Å²) in [6.07, 6.45) is -3.28. The number of halogens is 3. The van der Waals surface area contributed by atoms with Gasteiger partial charge in [-0.15, -0.1) is 0 Å². The van der Waals surface area contributed by atoms with Crippen molar-refractivity contribution in [3.8, 4) is 0 Å². The van der Waals surface area contributed by atoms with Crippen LogP contribution in [0.5, 0.6) is 0 Å². The predicted molar refractivity (Wildman–Crippen MR) is 46.7 cm³/mol. The van der Waals surface area contributed by atoms with Gasteiger partial charge in [-0.1, -0.05) is 18.2 Å². The third-order valence-electron chi connectivity index (χ3n) is 1.98. The SMILES string of the molecule is CC(O)(Cc1ccccc1F)C(F)F. The lowest BCUT2D eigenvalue weighted by Gasteiger charge is -2.22. The fourth-order valence-corrected chi connectivity index (χ4v) is 1.10. The van der Waals surface area contributed by atoms with Crippen LogP contribution in [0.4, 0.5) is 13.2 Å². The summed E-state index contributed by atoms with van der Waals surface area (Å²) < 4.78 is 37.5. The normalized spacial score (nSPS) is 15.6. The highest BCUT2D eigenvalue weighted by atomic mass is 19.3. The van der Waals surface area contributed by atoms with Crippen molar-refractivity contribution >= 4 is 0 Å². The van der Waals surface area contributed by atoms with Crippen molar-refractivity contribution in [1.82, 2.24) is 0 Å². The monoisotopic (exact) mass is 204 g/mol. The smallest absolute Gasteiger partial charge is 0.266 e.